The van der Waals surface area contributed by atoms with Crippen molar-refractivity contribution in [1.82, 2.24) is 4.57 Å². The van der Waals surface area contributed by atoms with Crippen LogP contribution in [0.4, 0.5) is 0 Å². The molecule has 6 nitrogen and oxygen atoms in total. The minimum atomic E-state index is -1.92. The second kappa shape index (κ2) is 14.1. The lowest BCUT2D eigenvalue weighted by molar-refractivity contribution is 0.157. The van der Waals surface area contributed by atoms with Gasteiger partial charge in [-0.15, -0.1) is 0 Å². The Labute approximate surface area is 249 Å². The Hall–Kier alpha value is -2.45. The van der Waals surface area contributed by atoms with E-state index in [9.17, 15) is 10.1 Å². The van der Waals surface area contributed by atoms with Crippen molar-refractivity contribution in [2.45, 2.75) is 116 Å². The number of hydrogen-bond donors (Lipinski definition) is 0. The van der Waals surface area contributed by atoms with Crippen LogP contribution in [0.15, 0.2) is 47.4 Å². The zero-order valence-electron chi connectivity index (χ0n) is 26.5. The van der Waals surface area contributed by atoms with E-state index in [1.165, 1.54) is 18.9 Å². The predicted octanol–water partition coefficient (Wildman–Crippen LogP) is 8.65. The number of pyridine rings is 1. The summed E-state index contributed by atoms with van der Waals surface area (Å²) in [7, 11) is -3.57. The van der Waals surface area contributed by atoms with E-state index in [1.54, 1.807) is 22.8 Å². The van der Waals surface area contributed by atoms with Gasteiger partial charge in [0, 0.05) is 24.4 Å². The highest BCUT2D eigenvalue weighted by Crippen LogP contribution is 2.37. The highest BCUT2D eigenvalue weighted by atomic mass is 28.4. The third-order valence-electron chi connectivity index (χ3n) is 7.65. The van der Waals surface area contributed by atoms with E-state index in [1.807, 2.05) is 38.3 Å². The summed E-state index contributed by atoms with van der Waals surface area (Å²) in [5, 5.41) is 9.47. The van der Waals surface area contributed by atoms with Crippen LogP contribution in [-0.2, 0) is 8.85 Å². The molecule has 1 aliphatic rings. The van der Waals surface area contributed by atoms with Crippen molar-refractivity contribution < 1.29 is 13.6 Å². The maximum absolute atomic E-state index is 13.7. The van der Waals surface area contributed by atoms with E-state index in [4.69, 9.17) is 13.6 Å². The summed E-state index contributed by atoms with van der Waals surface area (Å²) in [6.45, 7) is 18.3. The van der Waals surface area contributed by atoms with Crippen molar-refractivity contribution in [3.63, 3.8) is 0 Å². The fourth-order valence-corrected chi connectivity index (χ4v) is 9.73. The van der Waals surface area contributed by atoms with Crippen LogP contribution in [0.1, 0.15) is 89.0 Å². The van der Waals surface area contributed by atoms with E-state index >= 15 is 0 Å². The number of ether oxygens (including phenoxy) is 1. The van der Waals surface area contributed by atoms with Crippen molar-refractivity contribution in [2.24, 2.45) is 0 Å². The van der Waals surface area contributed by atoms with Gasteiger partial charge in [-0.2, -0.15) is 5.26 Å². The van der Waals surface area contributed by atoms with Gasteiger partial charge in [0.1, 0.15) is 11.4 Å². The summed E-state index contributed by atoms with van der Waals surface area (Å²) in [5.41, 5.74) is 2.20. The smallest absolute Gasteiger partial charge is 0.255 e. The molecule has 0 bridgehead atoms. The molecule has 8 heteroatoms. The maximum atomic E-state index is 13.7. The Bertz CT molecular complexity index is 1310. The average molecular weight is 595 g/mol. The lowest BCUT2D eigenvalue weighted by atomic mass is 9.97. The number of rotatable bonds is 15. The normalized spacial score (nSPS) is 15.4. The summed E-state index contributed by atoms with van der Waals surface area (Å²) in [6.07, 6.45) is 10.1. The standard InChI is InChI=1S/C33H50N2O4Si2/c1-9-11-20-40(5,6)37-19-13-14-30(39-41(7,8)21-12-10-2)27-17-18-35(32(36)23-27)29-24-33(3,4)38-31-16-15-26(25-34)22-28(29)31/h15-18,22-24,30H,9-14,19-21H2,1-8H3. The molecule has 0 saturated carbocycles. The third-order valence-corrected chi connectivity index (χ3v) is 12.7. The molecule has 0 amide bonds. The number of nitriles is 1. The number of benzene rings is 1. The monoisotopic (exact) mass is 594 g/mol. The molecule has 3 rings (SSSR count). The first-order chi connectivity index (χ1) is 19.3. The Balaban J connectivity index is 1.89. The molecule has 1 aromatic heterocycles. The van der Waals surface area contributed by atoms with Gasteiger partial charge in [0.15, 0.2) is 16.6 Å². The minimum Gasteiger partial charge on any atom is -0.483 e. The molecule has 41 heavy (non-hydrogen) atoms. The molecule has 0 saturated heterocycles. The number of fused-ring (bicyclic) bond motifs is 1. The van der Waals surface area contributed by atoms with E-state index < -0.39 is 22.2 Å². The Morgan fingerprint density at radius 3 is 2.32 bits per heavy atom. The van der Waals surface area contributed by atoms with Gasteiger partial charge in [-0.05, 0) is 101 Å². The minimum absolute atomic E-state index is 0.120. The van der Waals surface area contributed by atoms with Gasteiger partial charge in [-0.3, -0.25) is 9.36 Å². The third kappa shape index (κ3) is 9.54. The van der Waals surface area contributed by atoms with E-state index in [2.05, 4.69) is 46.1 Å². The van der Waals surface area contributed by atoms with Gasteiger partial charge in [0.25, 0.3) is 5.56 Å². The molecule has 1 atom stereocenters. The molecule has 2 aromatic rings. The van der Waals surface area contributed by atoms with Crippen LogP contribution >= 0.6 is 0 Å². The predicted molar refractivity (Wildman–Crippen MR) is 173 cm³/mol. The Kier molecular flexibility index (Phi) is 11.4. The Morgan fingerprint density at radius 2 is 1.68 bits per heavy atom. The zero-order valence-corrected chi connectivity index (χ0v) is 28.5. The fourth-order valence-electron chi connectivity index (χ4n) is 5.33. The van der Waals surface area contributed by atoms with Crippen LogP contribution in [0.2, 0.25) is 38.3 Å². The summed E-state index contributed by atoms with van der Waals surface area (Å²) >= 11 is 0. The molecular weight excluding hydrogens is 545 g/mol. The lowest BCUT2D eigenvalue weighted by Crippen LogP contribution is -2.34. The topological polar surface area (TPSA) is 73.5 Å². The van der Waals surface area contributed by atoms with Gasteiger partial charge in [0.2, 0.25) is 0 Å². The first-order valence-corrected chi connectivity index (χ1v) is 21.5. The first kappa shape index (κ1) is 33.1. The number of nitrogens with zero attached hydrogens (tertiary/aromatic N) is 2. The van der Waals surface area contributed by atoms with Crippen LogP contribution in [-0.4, -0.2) is 33.4 Å². The van der Waals surface area contributed by atoms with Gasteiger partial charge in [-0.25, -0.2) is 0 Å². The van der Waals surface area contributed by atoms with Crippen LogP contribution < -0.4 is 10.3 Å². The Morgan fingerprint density at radius 1 is 1.00 bits per heavy atom. The second-order valence-corrected chi connectivity index (χ2v) is 21.6. The van der Waals surface area contributed by atoms with Gasteiger partial charge in [0.05, 0.1) is 23.4 Å². The SMILES string of the molecule is CCCC[Si](C)(C)OCCCC(O[Si](C)(C)CCCC)c1ccn(C2=CC(C)(C)Oc3ccc(C#N)cc32)c(=O)c1. The summed E-state index contributed by atoms with van der Waals surface area (Å²) in [6, 6.07) is 13.6. The largest absolute Gasteiger partial charge is 0.483 e. The lowest BCUT2D eigenvalue weighted by Gasteiger charge is -2.32. The second-order valence-electron chi connectivity index (χ2n) is 13.0. The summed E-state index contributed by atoms with van der Waals surface area (Å²) < 4.78 is 21.0. The van der Waals surface area contributed by atoms with Crippen LogP contribution in [0.25, 0.3) is 5.70 Å². The molecular formula is C33H50N2O4Si2. The molecule has 0 radical (unpaired) electrons. The van der Waals surface area contributed by atoms with Gasteiger partial charge < -0.3 is 13.6 Å². The van der Waals surface area contributed by atoms with Crippen LogP contribution in [0, 0.1) is 11.3 Å². The number of hydrogen-bond acceptors (Lipinski definition) is 5. The van der Waals surface area contributed by atoms with Crippen molar-refractivity contribution in [3.8, 4) is 11.8 Å². The first-order valence-electron chi connectivity index (χ1n) is 15.3. The van der Waals surface area contributed by atoms with Crippen LogP contribution in [0.5, 0.6) is 5.75 Å². The van der Waals surface area contributed by atoms with Gasteiger partial charge in [-0.1, -0.05) is 39.5 Å². The van der Waals surface area contributed by atoms with Crippen molar-refractivity contribution in [2.75, 3.05) is 6.61 Å². The maximum Gasteiger partial charge on any atom is 0.255 e. The number of aromatic nitrogens is 1. The van der Waals surface area contributed by atoms with Crippen molar-refractivity contribution >= 4 is 22.3 Å². The van der Waals surface area contributed by atoms with E-state index in [0.717, 1.165) is 55.2 Å². The summed E-state index contributed by atoms with van der Waals surface area (Å²) in [4.78, 5) is 13.7. The van der Waals surface area contributed by atoms with E-state index in [0.29, 0.717) is 11.3 Å². The molecule has 224 valence electrons. The van der Waals surface area contributed by atoms with E-state index in [-0.39, 0.29) is 11.7 Å². The molecule has 2 heterocycles. The molecule has 0 N–H and O–H groups in total. The molecule has 1 aromatic carbocycles. The quantitative estimate of drug-likeness (QED) is 0.152. The summed E-state index contributed by atoms with van der Waals surface area (Å²) in [5.74, 6) is 0.665. The molecule has 1 aliphatic heterocycles. The molecule has 0 spiro atoms. The van der Waals surface area contributed by atoms with Gasteiger partial charge >= 0.3 is 0 Å². The van der Waals surface area contributed by atoms with Crippen molar-refractivity contribution in [1.29, 1.82) is 5.26 Å². The molecule has 0 fully saturated rings. The average Bonchev–Trinajstić information content (AvgIpc) is 2.91. The van der Waals surface area contributed by atoms with Crippen LogP contribution in [0.3, 0.4) is 0 Å². The highest BCUT2D eigenvalue weighted by molar-refractivity contribution is 6.71. The molecule has 0 aliphatic carbocycles. The number of unbranched alkanes of at least 4 members (excludes halogenated alkanes) is 2. The van der Waals surface area contributed by atoms with Crippen molar-refractivity contribution in [3.05, 3.63) is 69.6 Å². The fraction of sp³-hybridized carbons (Fsp3) is 0.576. The molecule has 1 unspecified atom stereocenters. The highest BCUT2D eigenvalue weighted by Gasteiger charge is 2.30. The zero-order chi connectivity index (χ0) is 30.3.